The van der Waals surface area contributed by atoms with Gasteiger partial charge in [-0.05, 0) is 12.5 Å². The van der Waals surface area contributed by atoms with Gasteiger partial charge in [-0.25, -0.2) is 13.4 Å². The third-order valence-electron chi connectivity index (χ3n) is 2.86. The van der Waals surface area contributed by atoms with Crippen LogP contribution in [-0.2, 0) is 16.6 Å². The number of fused-ring (bicyclic) bond motifs is 1. The predicted molar refractivity (Wildman–Crippen MR) is 68.8 cm³/mol. The van der Waals surface area contributed by atoms with Gasteiger partial charge in [0.25, 0.3) is 0 Å². The van der Waals surface area contributed by atoms with Crippen molar-refractivity contribution in [3.05, 3.63) is 23.9 Å². The molecule has 2 heterocycles. The van der Waals surface area contributed by atoms with E-state index in [-0.39, 0.29) is 18.7 Å². The molecule has 7 heteroatoms. The quantitative estimate of drug-likeness (QED) is 0.766. The highest BCUT2D eigenvalue weighted by molar-refractivity contribution is 7.89. The molecule has 0 radical (unpaired) electrons. The molecule has 1 aliphatic rings. The van der Waals surface area contributed by atoms with E-state index in [9.17, 15) is 8.42 Å². The van der Waals surface area contributed by atoms with Crippen molar-refractivity contribution in [1.82, 2.24) is 9.29 Å². The van der Waals surface area contributed by atoms with Gasteiger partial charge in [0.05, 0.1) is 11.8 Å². The van der Waals surface area contributed by atoms with E-state index in [1.165, 1.54) is 4.31 Å². The average molecular weight is 281 g/mol. The molecule has 0 aliphatic carbocycles. The highest BCUT2D eigenvalue weighted by Gasteiger charge is 2.25. The second-order valence-corrected chi connectivity index (χ2v) is 6.32. The maximum Gasteiger partial charge on any atom is 0.217 e. The molecule has 0 atom stereocenters. The molecule has 0 spiro atoms. The zero-order valence-corrected chi connectivity index (χ0v) is 11.3. The van der Waals surface area contributed by atoms with Gasteiger partial charge in [-0.2, -0.15) is 9.57 Å². The normalized spacial score (nSPS) is 15.9. The molecule has 0 amide bonds. The molecule has 102 valence electrons. The lowest BCUT2D eigenvalue weighted by molar-refractivity contribution is 0.285. The first-order chi connectivity index (χ1) is 9.13. The number of nitrogens with zero attached hydrogens (tertiary/aromatic N) is 3. The van der Waals surface area contributed by atoms with E-state index >= 15 is 0 Å². The topological polar surface area (TPSA) is 83.3 Å². The van der Waals surface area contributed by atoms with Gasteiger partial charge in [0, 0.05) is 31.3 Å². The summed E-state index contributed by atoms with van der Waals surface area (Å²) in [7, 11) is -3.35. The van der Waals surface area contributed by atoms with Gasteiger partial charge in [0.2, 0.25) is 15.9 Å². The number of pyridine rings is 1. The van der Waals surface area contributed by atoms with Gasteiger partial charge in [0.15, 0.2) is 0 Å². The summed E-state index contributed by atoms with van der Waals surface area (Å²) >= 11 is 0. The van der Waals surface area contributed by atoms with Crippen molar-refractivity contribution < 1.29 is 13.2 Å². The molecule has 1 aromatic heterocycles. The highest BCUT2D eigenvalue weighted by Crippen LogP contribution is 2.21. The molecule has 1 aliphatic heterocycles. The lowest BCUT2D eigenvalue weighted by Gasteiger charge is -2.18. The van der Waals surface area contributed by atoms with Crippen LogP contribution in [0.2, 0.25) is 0 Å². The Kier molecular flexibility index (Phi) is 4.35. The molecule has 0 aromatic carbocycles. The molecule has 0 unspecified atom stereocenters. The zero-order valence-electron chi connectivity index (χ0n) is 10.4. The molecule has 0 saturated heterocycles. The van der Waals surface area contributed by atoms with Crippen molar-refractivity contribution in [3.63, 3.8) is 0 Å². The third kappa shape index (κ3) is 3.43. The van der Waals surface area contributed by atoms with Crippen LogP contribution in [0.15, 0.2) is 18.3 Å². The van der Waals surface area contributed by atoms with Crippen LogP contribution < -0.4 is 4.74 Å². The maximum atomic E-state index is 12.2. The Morgan fingerprint density at radius 2 is 2.37 bits per heavy atom. The van der Waals surface area contributed by atoms with Gasteiger partial charge >= 0.3 is 0 Å². The summed E-state index contributed by atoms with van der Waals surface area (Å²) in [5.74, 6) is 0.494. The van der Waals surface area contributed by atoms with Crippen LogP contribution in [0.3, 0.4) is 0 Å². The Hall–Kier alpha value is -1.65. The van der Waals surface area contributed by atoms with E-state index in [4.69, 9.17) is 10.00 Å². The molecule has 19 heavy (non-hydrogen) atoms. The number of rotatable bonds is 4. The monoisotopic (exact) mass is 281 g/mol. The van der Waals surface area contributed by atoms with Crippen LogP contribution in [0, 0.1) is 11.3 Å². The van der Waals surface area contributed by atoms with Gasteiger partial charge in [0.1, 0.15) is 6.61 Å². The van der Waals surface area contributed by atoms with Crippen LogP contribution in [0.1, 0.15) is 18.4 Å². The Morgan fingerprint density at radius 1 is 1.53 bits per heavy atom. The third-order valence-corrected chi connectivity index (χ3v) is 4.76. The maximum absolute atomic E-state index is 12.2. The molecule has 6 nitrogen and oxygen atoms in total. The van der Waals surface area contributed by atoms with Crippen molar-refractivity contribution in [2.45, 2.75) is 19.4 Å². The van der Waals surface area contributed by atoms with Crippen LogP contribution in [0.25, 0.3) is 0 Å². The van der Waals surface area contributed by atoms with E-state index in [2.05, 4.69) is 4.98 Å². The zero-order chi connectivity index (χ0) is 13.7. The second-order valence-electron chi connectivity index (χ2n) is 4.23. The largest absolute Gasteiger partial charge is 0.476 e. The Bertz CT molecular complexity index is 580. The van der Waals surface area contributed by atoms with Gasteiger partial charge in [-0.15, -0.1) is 0 Å². The van der Waals surface area contributed by atoms with Gasteiger partial charge in [-0.3, -0.25) is 0 Å². The van der Waals surface area contributed by atoms with Crippen molar-refractivity contribution in [1.29, 1.82) is 5.26 Å². The lowest BCUT2D eigenvalue weighted by atomic mass is 10.3. The summed E-state index contributed by atoms with van der Waals surface area (Å²) in [6.07, 6.45) is 2.23. The molecular weight excluding hydrogens is 266 g/mol. The molecular formula is C12H15N3O3S. The van der Waals surface area contributed by atoms with Crippen molar-refractivity contribution in [2.75, 3.05) is 18.9 Å². The first kappa shape index (κ1) is 13.8. The predicted octanol–water partition coefficient (Wildman–Crippen LogP) is 0.910. The summed E-state index contributed by atoms with van der Waals surface area (Å²) < 4.78 is 31.2. The first-order valence-corrected chi connectivity index (χ1v) is 7.66. The summed E-state index contributed by atoms with van der Waals surface area (Å²) in [5, 5.41) is 8.46. The fourth-order valence-corrected chi connectivity index (χ4v) is 3.34. The summed E-state index contributed by atoms with van der Waals surface area (Å²) in [6.45, 7) is 0.880. The number of nitriles is 1. The van der Waals surface area contributed by atoms with Crippen LogP contribution in [0.5, 0.6) is 5.88 Å². The molecule has 0 N–H and O–H groups in total. The first-order valence-electron chi connectivity index (χ1n) is 6.05. The number of hydrogen-bond donors (Lipinski definition) is 0. The van der Waals surface area contributed by atoms with Crippen molar-refractivity contribution >= 4 is 10.0 Å². The van der Waals surface area contributed by atoms with E-state index in [0.717, 1.165) is 5.56 Å². The lowest BCUT2D eigenvalue weighted by Crippen LogP contribution is -2.34. The SMILES string of the molecule is N#CCCCS(=O)(=O)N1CCOc2ncccc2C1. The van der Waals surface area contributed by atoms with Gasteiger partial charge < -0.3 is 4.74 Å². The molecule has 0 bridgehead atoms. The van der Waals surface area contributed by atoms with Crippen molar-refractivity contribution in [3.8, 4) is 11.9 Å². The number of hydrogen-bond acceptors (Lipinski definition) is 5. The standard InChI is InChI=1S/C12H15N3O3S/c13-5-1-2-9-19(16,17)15-7-8-18-12-11(10-15)4-3-6-14-12/h3-4,6H,1-2,7-10H2. The van der Waals surface area contributed by atoms with Crippen LogP contribution in [0.4, 0.5) is 0 Å². The van der Waals surface area contributed by atoms with Crippen LogP contribution in [-0.4, -0.2) is 36.6 Å². The van der Waals surface area contributed by atoms with E-state index in [0.29, 0.717) is 25.5 Å². The van der Waals surface area contributed by atoms with E-state index in [1.54, 1.807) is 12.3 Å². The van der Waals surface area contributed by atoms with E-state index < -0.39 is 10.0 Å². The highest BCUT2D eigenvalue weighted by atomic mass is 32.2. The number of ether oxygens (including phenoxy) is 1. The van der Waals surface area contributed by atoms with Crippen molar-refractivity contribution in [2.24, 2.45) is 0 Å². The van der Waals surface area contributed by atoms with Gasteiger partial charge in [-0.1, -0.05) is 6.07 Å². The minimum atomic E-state index is -3.35. The molecule has 0 saturated carbocycles. The minimum Gasteiger partial charge on any atom is -0.476 e. The number of aromatic nitrogens is 1. The second kappa shape index (κ2) is 5.99. The smallest absolute Gasteiger partial charge is 0.217 e. The Morgan fingerprint density at radius 3 is 3.16 bits per heavy atom. The fraction of sp³-hybridized carbons (Fsp3) is 0.500. The molecule has 2 rings (SSSR count). The van der Waals surface area contributed by atoms with Crippen LogP contribution >= 0.6 is 0 Å². The number of unbranched alkanes of at least 4 members (excludes halogenated alkanes) is 1. The molecule has 1 aromatic rings. The summed E-state index contributed by atoms with van der Waals surface area (Å²) in [4.78, 5) is 4.08. The minimum absolute atomic E-state index is 0.00381. The Labute approximate surface area is 112 Å². The summed E-state index contributed by atoms with van der Waals surface area (Å²) in [5.41, 5.74) is 0.767. The van der Waals surface area contributed by atoms with E-state index in [1.807, 2.05) is 12.1 Å². The summed E-state index contributed by atoms with van der Waals surface area (Å²) in [6, 6.07) is 5.52. The fourth-order valence-electron chi connectivity index (χ4n) is 1.89. The Balaban J connectivity index is 2.12. The molecule has 0 fully saturated rings. The average Bonchev–Trinajstić information content (AvgIpc) is 2.61. The number of sulfonamides is 1.